The van der Waals surface area contributed by atoms with Crippen LogP contribution in [0.1, 0.15) is 27.2 Å². The molecule has 0 aliphatic rings. The molecule has 3 N–H and O–H groups in total. The molecule has 0 unspecified atom stereocenters. The van der Waals surface area contributed by atoms with Crippen molar-refractivity contribution in [3.05, 3.63) is 42.7 Å². The Balaban J connectivity index is 1.83. The predicted octanol–water partition coefficient (Wildman–Crippen LogP) is 3.58. The van der Waals surface area contributed by atoms with E-state index in [0.29, 0.717) is 12.2 Å². The molecule has 1 aromatic carbocycles. The molecule has 1 aromatic heterocycles. The highest BCUT2D eigenvalue weighted by atomic mass is 19.1. The van der Waals surface area contributed by atoms with Crippen molar-refractivity contribution in [1.29, 1.82) is 0 Å². The van der Waals surface area contributed by atoms with E-state index in [1.807, 2.05) is 10.8 Å². The van der Waals surface area contributed by atoms with Crippen molar-refractivity contribution in [2.24, 2.45) is 0 Å². The van der Waals surface area contributed by atoms with Crippen molar-refractivity contribution < 1.29 is 18.7 Å². The number of anilines is 2. The van der Waals surface area contributed by atoms with E-state index in [4.69, 9.17) is 4.74 Å². The molecule has 0 aliphatic carbocycles. The second kappa shape index (κ2) is 9.02. The van der Waals surface area contributed by atoms with Crippen LogP contribution in [0.3, 0.4) is 0 Å². The summed E-state index contributed by atoms with van der Waals surface area (Å²) in [5.74, 6) is -0.632. The zero-order valence-corrected chi connectivity index (χ0v) is 15.6. The van der Waals surface area contributed by atoms with Gasteiger partial charge in [0.2, 0.25) is 0 Å². The van der Waals surface area contributed by atoms with E-state index in [9.17, 15) is 14.0 Å². The van der Waals surface area contributed by atoms with Crippen LogP contribution in [0, 0.1) is 5.82 Å². The Morgan fingerprint density at radius 2 is 2.04 bits per heavy atom. The van der Waals surface area contributed by atoms with Gasteiger partial charge >= 0.3 is 12.1 Å². The number of ether oxygens (including phenoxy) is 1. The first-order valence-electron chi connectivity index (χ1n) is 8.53. The van der Waals surface area contributed by atoms with Gasteiger partial charge < -0.3 is 19.9 Å². The second-order valence-corrected chi connectivity index (χ2v) is 6.86. The summed E-state index contributed by atoms with van der Waals surface area (Å²) in [5, 5.41) is 7.64. The predicted molar refractivity (Wildman–Crippen MR) is 100 cm³/mol. The van der Waals surface area contributed by atoms with Crippen LogP contribution < -0.4 is 16.0 Å². The Kier molecular flexibility index (Phi) is 6.75. The molecule has 0 saturated heterocycles. The van der Waals surface area contributed by atoms with Crippen LogP contribution in [0.15, 0.2) is 36.9 Å². The number of halogens is 1. The molecule has 8 nitrogen and oxygen atoms in total. The molecular weight excluding hydrogens is 353 g/mol. The van der Waals surface area contributed by atoms with Gasteiger partial charge in [-0.3, -0.25) is 5.32 Å². The number of benzene rings is 1. The van der Waals surface area contributed by atoms with Crippen molar-refractivity contribution in [3.63, 3.8) is 0 Å². The van der Waals surface area contributed by atoms with Crippen LogP contribution in [-0.4, -0.2) is 33.8 Å². The first-order chi connectivity index (χ1) is 12.7. The minimum absolute atomic E-state index is 0.0813. The van der Waals surface area contributed by atoms with Gasteiger partial charge in [-0.15, -0.1) is 0 Å². The number of urea groups is 1. The molecule has 2 aromatic rings. The van der Waals surface area contributed by atoms with Gasteiger partial charge in [0.25, 0.3) is 0 Å². The highest BCUT2D eigenvalue weighted by molar-refractivity contribution is 5.91. The lowest BCUT2D eigenvalue weighted by atomic mass is 10.2. The van der Waals surface area contributed by atoms with E-state index in [1.165, 1.54) is 12.1 Å². The maximum atomic E-state index is 13.9. The van der Waals surface area contributed by atoms with Crippen molar-refractivity contribution >= 4 is 23.5 Å². The first kappa shape index (κ1) is 20.2. The smallest absolute Gasteiger partial charge is 0.412 e. The molecule has 1 heterocycles. The first-order valence-corrected chi connectivity index (χ1v) is 8.53. The van der Waals surface area contributed by atoms with Crippen LogP contribution in [0.2, 0.25) is 0 Å². The fourth-order valence-corrected chi connectivity index (χ4v) is 2.17. The van der Waals surface area contributed by atoms with E-state index in [1.54, 1.807) is 33.3 Å². The number of carbonyl (C=O) groups is 2. The average molecular weight is 377 g/mol. The van der Waals surface area contributed by atoms with Crippen molar-refractivity contribution in [2.75, 3.05) is 17.2 Å². The highest BCUT2D eigenvalue weighted by Gasteiger charge is 2.17. The molecule has 2 rings (SSSR count). The molecule has 3 amide bonds. The monoisotopic (exact) mass is 377 g/mol. The van der Waals surface area contributed by atoms with E-state index < -0.39 is 23.5 Å². The number of aryl methyl sites for hydroxylation is 1. The molecule has 146 valence electrons. The number of rotatable bonds is 6. The summed E-state index contributed by atoms with van der Waals surface area (Å²) in [6.07, 6.45) is 5.20. The Hall–Kier alpha value is -3.10. The lowest BCUT2D eigenvalue weighted by Gasteiger charge is -2.20. The van der Waals surface area contributed by atoms with Gasteiger partial charge in [-0.2, -0.15) is 0 Å². The molecule has 27 heavy (non-hydrogen) atoms. The minimum atomic E-state index is -0.775. The summed E-state index contributed by atoms with van der Waals surface area (Å²) in [5.41, 5.74) is -0.441. The largest absolute Gasteiger partial charge is 0.444 e. The minimum Gasteiger partial charge on any atom is -0.444 e. The average Bonchev–Trinajstić information content (AvgIpc) is 3.06. The van der Waals surface area contributed by atoms with Gasteiger partial charge in [0, 0.05) is 31.2 Å². The zero-order valence-electron chi connectivity index (χ0n) is 15.6. The highest BCUT2D eigenvalue weighted by Crippen LogP contribution is 2.20. The number of amides is 3. The number of aromatic nitrogens is 2. The lowest BCUT2D eigenvalue weighted by Crippen LogP contribution is -2.30. The molecule has 0 fully saturated rings. The topological polar surface area (TPSA) is 97.3 Å². The fourth-order valence-electron chi connectivity index (χ4n) is 2.17. The van der Waals surface area contributed by atoms with E-state index in [-0.39, 0.29) is 5.69 Å². The maximum absolute atomic E-state index is 13.9. The van der Waals surface area contributed by atoms with Gasteiger partial charge in [-0.25, -0.2) is 19.0 Å². The normalized spacial score (nSPS) is 11.0. The Labute approximate surface area is 157 Å². The molecule has 0 spiro atoms. The Morgan fingerprint density at radius 1 is 1.26 bits per heavy atom. The summed E-state index contributed by atoms with van der Waals surface area (Å²) < 4.78 is 20.9. The van der Waals surface area contributed by atoms with E-state index in [0.717, 1.165) is 19.0 Å². The van der Waals surface area contributed by atoms with Gasteiger partial charge in [-0.05, 0) is 45.4 Å². The van der Waals surface area contributed by atoms with Gasteiger partial charge in [0.1, 0.15) is 11.4 Å². The van der Waals surface area contributed by atoms with Crippen molar-refractivity contribution in [1.82, 2.24) is 14.9 Å². The summed E-state index contributed by atoms with van der Waals surface area (Å²) in [6.45, 7) is 6.32. The van der Waals surface area contributed by atoms with Crippen molar-refractivity contribution in [3.8, 4) is 0 Å². The number of hydrogen-bond acceptors (Lipinski definition) is 4. The summed E-state index contributed by atoms with van der Waals surface area (Å²) in [6, 6.07) is 3.46. The van der Waals surface area contributed by atoms with Gasteiger partial charge in [0.05, 0.1) is 12.0 Å². The van der Waals surface area contributed by atoms with Crippen LogP contribution in [0.25, 0.3) is 0 Å². The quantitative estimate of drug-likeness (QED) is 0.670. The molecule has 0 atom stereocenters. The number of hydrogen-bond donors (Lipinski definition) is 3. The Bertz CT molecular complexity index is 772. The number of nitrogens with zero attached hydrogens (tertiary/aromatic N) is 2. The Morgan fingerprint density at radius 3 is 2.70 bits per heavy atom. The fraction of sp³-hybridized carbons (Fsp3) is 0.389. The maximum Gasteiger partial charge on any atom is 0.412 e. The molecule has 0 aliphatic heterocycles. The van der Waals surface area contributed by atoms with Crippen molar-refractivity contribution in [2.45, 2.75) is 39.3 Å². The summed E-state index contributed by atoms with van der Waals surface area (Å²) >= 11 is 0. The van der Waals surface area contributed by atoms with Gasteiger partial charge in [0.15, 0.2) is 0 Å². The molecular formula is C18H24FN5O3. The van der Waals surface area contributed by atoms with Crippen LogP contribution in [0.5, 0.6) is 0 Å². The van der Waals surface area contributed by atoms with E-state index >= 15 is 0 Å². The SMILES string of the molecule is CC(C)(C)OC(=O)Nc1cc(NC(=O)NCCCn2ccnc2)ccc1F. The zero-order chi connectivity index (χ0) is 19.9. The van der Waals surface area contributed by atoms with Crippen LogP contribution in [0.4, 0.5) is 25.4 Å². The number of carbonyl (C=O) groups excluding carboxylic acids is 2. The third-order valence-corrected chi connectivity index (χ3v) is 3.30. The summed E-state index contributed by atoms with van der Waals surface area (Å²) in [7, 11) is 0. The second-order valence-electron chi connectivity index (χ2n) is 6.86. The molecule has 9 heteroatoms. The molecule has 0 radical (unpaired) electrons. The van der Waals surface area contributed by atoms with Gasteiger partial charge in [-0.1, -0.05) is 0 Å². The number of imidazole rings is 1. The third kappa shape index (κ3) is 7.35. The standard InChI is InChI=1S/C18H24FN5O3/c1-18(2,3)27-17(26)23-15-11-13(5-6-14(15)19)22-16(25)21-7-4-9-24-10-8-20-12-24/h5-6,8,10-12H,4,7,9H2,1-3H3,(H,23,26)(H2,21,22,25). The van der Waals surface area contributed by atoms with Crippen LogP contribution in [-0.2, 0) is 11.3 Å². The number of nitrogens with one attached hydrogen (secondary N) is 3. The summed E-state index contributed by atoms with van der Waals surface area (Å²) in [4.78, 5) is 27.7. The molecule has 0 bridgehead atoms. The molecule has 0 saturated carbocycles. The van der Waals surface area contributed by atoms with Crippen LogP contribution >= 0.6 is 0 Å². The third-order valence-electron chi connectivity index (χ3n) is 3.30. The van der Waals surface area contributed by atoms with E-state index in [2.05, 4.69) is 20.9 Å². The lowest BCUT2D eigenvalue weighted by molar-refractivity contribution is 0.0635.